The van der Waals surface area contributed by atoms with Gasteiger partial charge < -0.3 is 0 Å². The molecule has 1 fully saturated rings. The lowest BCUT2D eigenvalue weighted by Crippen LogP contribution is -2.21. The van der Waals surface area contributed by atoms with Gasteiger partial charge >= 0.3 is 5.51 Å². The predicted octanol–water partition coefficient (Wildman–Crippen LogP) is 7.74. The molecule has 0 N–H and O–H groups in total. The van der Waals surface area contributed by atoms with Gasteiger partial charge in [0.25, 0.3) is 0 Å². The molecule has 3 rings (SSSR count). The molecular formula is C18H22BrF3S. The fraction of sp³-hybridized carbons (Fsp3) is 0.556. The molecule has 1 unspecified atom stereocenters. The van der Waals surface area contributed by atoms with Crippen LogP contribution in [0.5, 0.6) is 0 Å². The Hall–Kier alpha value is -0.420. The lowest BCUT2D eigenvalue weighted by atomic mass is 9.88. The van der Waals surface area contributed by atoms with Crippen LogP contribution in [0, 0.1) is 5.92 Å². The lowest BCUT2D eigenvalue weighted by Gasteiger charge is -2.39. The van der Waals surface area contributed by atoms with Crippen molar-refractivity contribution in [2.75, 3.05) is 0 Å². The first-order chi connectivity index (χ1) is 10.7. The zero-order valence-electron chi connectivity index (χ0n) is 13.4. The smallest absolute Gasteiger partial charge is 0.160 e. The van der Waals surface area contributed by atoms with Gasteiger partial charge in [0.15, 0.2) is 0 Å². The average molecular weight is 407 g/mol. The third-order valence-electron chi connectivity index (χ3n) is 4.96. The highest BCUT2D eigenvalue weighted by atomic mass is 79.9. The Labute approximate surface area is 145 Å². The standard InChI is InChI=1S/C18H22BrF3S/c1-12(2)14-8-9-15-11-16(13-6-4-3-5-7-13)23(19,17(15)10-14)18(20,21)22/h8-13H,3-7H2,1-2H3. The molecule has 1 saturated carbocycles. The van der Waals surface area contributed by atoms with Crippen molar-refractivity contribution in [2.24, 2.45) is 5.92 Å². The van der Waals surface area contributed by atoms with Crippen molar-refractivity contribution in [3.63, 3.8) is 0 Å². The molecule has 0 saturated heterocycles. The first-order valence-electron chi connectivity index (χ1n) is 8.20. The zero-order valence-corrected chi connectivity index (χ0v) is 15.8. The minimum atomic E-state index is -4.25. The summed E-state index contributed by atoms with van der Waals surface area (Å²) in [7, 11) is -3.10. The summed E-state index contributed by atoms with van der Waals surface area (Å²) in [6, 6.07) is 5.62. The third kappa shape index (κ3) is 2.88. The normalized spacial score (nSPS) is 28.4. The Morgan fingerprint density at radius 3 is 2.35 bits per heavy atom. The number of fused-ring (bicyclic) bond motifs is 1. The van der Waals surface area contributed by atoms with Crippen LogP contribution in [-0.4, -0.2) is 5.51 Å². The van der Waals surface area contributed by atoms with Crippen molar-refractivity contribution in [2.45, 2.75) is 62.3 Å². The highest BCUT2D eigenvalue weighted by molar-refractivity contribution is 9.59. The largest absolute Gasteiger partial charge is 0.442 e. The molecule has 0 aromatic heterocycles. The van der Waals surface area contributed by atoms with Crippen molar-refractivity contribution < 1.29 is 13.2 Å². The molecular weight excluding hydrogens is 385 g/mol. The number of alkyl halides is 3. The topological polar surface area (TPSA) is 0 Å². The van der Waals surface area contributed by atoms with E-state index in [-0.39, 0.29) is 11.8 Å². The van der Waals surface area contributed by atoms with E-state index in [9.17, 15) is 13.2 Å². The summed E-state index contributed by atoms with van der Waals surface area (Å²) in [5.41, 5.74) is -2.53. The minimum absolute atomic E-state index is 0.0645. The number of benzene rings is 1. The van der Waals surface area contributed by atoms with Crippen molar-refractivity contribution in [1.29, 1.82) is 0 Å². The van der Waals surface area contributed by atoms with Gasteiger partial charge in [0.1, 0.15) is 0 Å². The van der Waals surface area contributed by atoms with Crippen LogP contribution in [0.15, 0.2) is 28.0 Å². The van der Waals surface area contributed by atoms with Gasteiger partial charge in [-0.25, -0.2) is 0 Å². The van der Waals surface area contributed by atoms with Gasteiger partial charge in [-0.3, -0.25) is 0 Å². The van der Waals surface area contributed by atoms with Crippen LogP contribution >= 0.6 is 23.3 Å². The second-order valence-corrected chi connectivity index (χ2v) is 12.2. The third-order valence-corrected chi connectivity index (χ3v) is 10.9. The predicted molar refractivity (Wildman–Crippen MR) is 95.9 cm³/mol. The van der Waals surface area contributed by atoms with Gasteiger partial charge in [-0.15, -0.1) is 0 Å². The fourth-order valence-corrected chi connectivity index (χ4v) is 8.05. The molecule has 1 heterocycles. The van der Waals surface area contributed by atoms with E-state index in [0.29, 0.717) is 9.80 Å². The Morgan fingerprint density at radius 2 is 1.78 bits per heavy atom. The van der Waals surface area contributed by atoms with Gasteiger partial charge in [0.2, 0.25) is 0 Å². The number of allylic oxidation sites excluding steroid dienone is 1. The first-order valence-corrected chi connectivity index (χ1v) is 11.7. The zero-order chi connectivity index (χ0) is 16.8. The molecule has 1 aliphatic heterocycles. The van der Waals surface area contributed by atoms with Crippen LogP contribution in [-0.2, 0) is 0 Å². The van der Waals surface area contributed by atoms with E-state index in [4.69, 9.17) is 0 Å². The van der Waals surface area contributed by atoms with Crippen molar-refractivity contribution in [3.05, 3.63) is 34.2 Å². The van der Waals surface area contributed by atoms with E-state index < -0.39 is 14.0 Å². The molecule has 128 valence electrons. The maximum Gasteiger partial charge on any atom is 0.442 e. The van der Waals surface area contributed by atoms with Gasteiger partial charge in [-0.05, 0) is 76.1 Å². The quantitative estimate of drug-likeness (QED) is 0.470. The maximum absolute atomic E-state index is 14.1. The Bertz CT molecular complexity index is 630. The molecule has 0 amide bonds. The molecule has 2 aliphatic rings. The summed E-state index contributed by atoms with van der Waals surface area (Å²) in [6.45, 7) is 4.04. The van der Waals surface area contributed by atoms with E-state index in [0.717, 1.165) is 43.2 Å². The summed E-state index contributed by atoms with van der Waals surface area (Å²) in [4.78, 5) is 1.05. The number of rotatable bonds is 2. The molecule has 0 nitrogen and oxygen atoms in total. The Morgan fingerprint density at radius 1 is 1.13 bits per heavy atom. The lowest BCUT2D eigenvalue weighted by molar-refractivity contribution is -0.0357. The molecule has 5 heteroatoms. The van der Waals surface area contributed by atoms with E-state index in [1.807, 2.05) is 32.1 Å². The average Bonchev–Trinajstić information content (AvgIpc) is 2.82. The van der Waals surface area contributed by atoms with Crippen LogP contribution in [0.3, 0.4) is 0 Å². The summed E-state index contributed by atoms with van der Waals surface area (Å²) >= 11 is 3.24. The van der Waals surface area contributed by atoms with Gasteiger partial charge in [0, 0.05) is 4.90 Å². The summed E-state index contributed by atoms with van der Waals surface area (Å²) < 4.78 is 42.3. The van der Waals surface area contributed by atoms with Crippen molar-refractivity contribution in [3.8, 4) is 0 Å². The molecule has 1 aromatic carbocycles. The Kier molecular flexibility index (Phi) is 4.65. The first kappa shape index (κ1) is 17.4. The number of hydrogen-bond donors (Lipinski definition) is 0. The second kappa shape index (κ2) is 6.14. The van der Waals surface area contributed by atoms with Crippen LogP contribution in [0.25, 0.3) is 6.08 Å². The van der Waals surface area contributed by atoms with Gasteiger partial charge in [0.05, 0.1) is 0 Å². The molecule has 1 atom stereocenters. The second-order valence-electron chi connectivity index (χ2n) is 6.82. The summed E-state index contributed by atoms with van der Waals surface area (Å²) in [6.07, 6.45) is 6.81. The molecule has 0 spiro atoms. The summed E-state index contributed by atoms with van der Waals surface area (Å²) in [5, 5.41) is 0. The molecule has 0 bridgehead atoms. The number of hydrogen-bond acceptors (Lipinski definition) is 0. The van der Waals surface area contributed by atoms with Crippen molar-refractivity contribution in [1.82, 2.24) is 0 Å². The van der Waals surface area contributed by atoms with Crippen LogP contribution in [0.4, 0.5) is 13.2 Å². The van der Waals surface area contributed by atoms with Gasteiger partial charge in [-0.2, -0.15) is 13.2 Å². The summed E-state index contributed by atoms with van der Waals surface area (Å²) in [5.74, 6) is 0.290. The monoisotopic (exact) mass is 406 g/mol. The highest BCUT2D eigenvalue weighted by Crippen LogP contribution is 2.82. The minimum Gasteiger partial charge on any atom is -0.160 e. The van der Waals surface area contributed by atoms with E-state index in [1.54, 1.807) is 6.07 Å². The van der Waals surface area contributed by atoms with Crippen LogP contribution in [0.2, 0.25) is 0 Å². The van der Waals surface area contributed by atoms with Crippen LogP contribution in [0.1, 0.15) is 63.0 Å². The van der Waals surface area contributed by atoms with E-state index >= 15 is 0 Å². The highest BCUT2D eigenvalue weighted by Gasteiger charge is 2.56. The molecule has 0 radical (unpaired) electrons. The van der Waals surface area contributed by atoms with Crippen molar-refractivity contribution >= 4 is 29.4 Å². The SMILES string of the molecule is CC(C)c1ccc2c(c1)S(Br)(C(F)(F)F)C(C1CCCCC1)=C2. The molecule has 23 heavy (non-hydrogen) atoms. The van der Waals surface area contributed by atoms with E-state index in [2.05, 4.69) is 14.8 Å². The molecule has 1 aromatic rings. The Balaban J connectivity index is 2.11. The number of halogens is 4. The fourth-order valence-electron chi connectivity index (χ4n) is 3.63. The van der Waals surface area contributed by atoms with Crippen LogP contribution < -0.4 is 0 Å². The van der Waals surface area contributed by atoms with E-state index in [1.165, 1.54) is 0 Å². The maximum atomic E-state index is 14.1. The van der Waals surface area contributed by atoms with Gasteiger partial charge in [-0.1, -0.05) is 45.2 Å². The molecule has 1 aliphatic carbocycles.